The quantitative estimate of drug-likeness (QED) is 0.904. The lowest BCUT2D eigenvalue weighted by Crippen LogP contribution is -2.11. The van der Waals surface area contributed by atoms with Gasteiger partial charge in [-0.05, 0) is 40.5 Å². The molecule has 0 spiro atoms. The highest BCUT2D eigenvalue weighted by molar-refractivity contribution is 9.10. The number of anilines is 1. The van der Waals surface area contributed by atoms with Gasteiger partial charge in [-0.1, -0.05) is 0 Å². The molecule has 0 atom stereocenters. The van der Waals surface area contributed by atoms with Crippen LogP contribution in [0.4, 0.5) is 10.1 Å². The van der Waals surface area contributed by atoms with Crippen molar-refractivity contribution in [1.29, 1.82) is 0 Å². The van der Waals surface area contributed by atoms with Crippen LogP contribution in [-0.2, 0) is 10.0 Å². The van der Waals surface area contributed by atoms with Crippen LogP contribution >= 0.6 is 15.9 Å². The SMILES string of the molecule is Cc1cc(F)c(NS(C)(=O)=O)c(Br)c1. The fourth-order valence-corrected chi connectivity index (χ4v) is 2.34. The first-order valence-corrected chi connectivity index (χ1v) is 6.41. The molecule has 14 heavy (non-hydrogen) atoms. The highest BCUT2D eigenvalue weighted by Crippen LogP contribution is 2.27. The first-order valence-electron chi connectivity index (χ1n) is 3.73. The number of aryl methyl sites for hydroxylation is 1. The minimum Gasteiger partial charge on any atom is -0.280 e. The molecule has 0 bridgehead atoms. The van der Waals surface area contributed by atoms with Crippen LogP contribution in [0.2, 0.25) is 0 Å². The predicted molar refractivity (Wildman–Crippen MR) is 57.3 cm³/mol. The Labute approximate surface area is 90.5 Å². The summed E-state index contributed by atoms with van der Waals surface area (Å²) in [6.07, 6.45) is 0.971. The Kier molecular flexibility index (Phi) is 3.16. The van der Waals surface area contributed by atoms with E-state index in [1.807, 2.05) is 0 Å². The molecule has 1 rings (SSSR count). The van der Waals surface area contributed by atoms with Gasteiger partial charge in [0.1, 0.15) is 5.82 Å². The maximum Gasteiger partial charge on any atom is 0.229 e. The molecule has 0 aromatic heterocycles. The Balaban J connectivity index is 3.22. The Morgan fingerprint density at radius 2 is 2.00 bits per heavy atom. The summed E-state index contributed by atoms with van der Waals surface area (Å²) in [7, 11) is -3.46. The first-order chi connectivity index (χ1) is 6.29. The van der Waals surface area contributed by atoms with Gasteiger partial charge in [-0.15, -0.1) is 0 Å². The third-order valence-electron chi connectivity index (χ3n) is 1.47. The van der Waals surface area contributed by atoms with Gasteiger partial charge in [-0.25, -0.2) is 12.8 Å². The van der Waals surface area contributed by atoms with E-state index in [9.17, 15) is 12.8 Å². The minimum absolute atomic E-state index is 0.0573. The highest BCUT2D eigenvalue weighted by atomic mass is 79.9. The van der Waals surface area contributed by atoms with Crippen LogP contribution in [0.3, 0.4) is 0 Å². The van der Waals surface area contributed by atoms with E-state index in [1.165, 1.54) is 6.07 Å². The summed E-state index contributed by atoms with van der Waals surface area (Å²) >= 11 is 3.08. The van der Waals surface area contributed by atoms with Gasteiger partial charge < -0.3 is 0 Å². The maximum atomic E-state index is 13.3. The van der Waals surface area contributed by atoms with Gasteiger partial charge in [0.2, 0.25) is 10.0 Å². The molecular formula is C8H9BrFNO2S. The minimum atomic E-state index is -3.46. The molecule has 0 amide bonds. The summed E-state index contributed by atoms with van der Waals surface area (Å²) in [4.78, 5) is 0. The second-order valence-electron chi connectivity index (χ2n) is 2.98. The molecule has 0 heterocycles. The van der Waals surface area contributed by atoms with Crippen LogP contribution in [0.15, 0.2) is 16.6 Å². The lowest BCUT2D eigenvalue weighted by atomic mass is 10.2. The predicted octanol–water partition coefficient (Wildman–Crippen LogP) is 2.27. The van der Waals surface area contributed by atoms with Crippen molar-refractivity contribution in [3.8, 4) is 0 Å². The molecule has 0 saturated heterocycles. The molecule has 6 heteroatoms. The Morgan fingerprint density at radius 1 is 1.43 bits per heavy atom. The van der Waals surface area contributed by atoms with Gasteiger partial charge in [0.25, 0.3) is 0 Å². The van der Waals surface area contributed by atoms with Crippen molar-refractivity contribution in [2.75, 3.05) is 11.0 Å². The second-order valence-corrected chi connectivity index (χ2v) is 5.58. The average Bonchev–Trinajstić information content (AvgIpc) is 1.95. The molecule has 0 radical (unpaired) electrons. The van der Waals surface area contributed by atoms with Crippen molar-refractivity contribution in [3.63, 3.8) is 0 Å². The van der Waals surface area contributed by atoms with E-state index in [-0.39, 0.29) is 5.69 Å². The fraction of sp³-hybridized carbons (Fsp3) is 0.250. The number of nitrogens with one attached hydrogen (secondary N) is 1. The van der Waals surface area contributed by atoms with Gasteiger partial charge in [-0.2, -0.15) is 0 Å². The molecule has 0 aliphatic heterocycles. The van der Waals surface area contributed by atoms with Gasteiger partial charge >= 0.3 is 0 Å². The maximum absolute atomic E-state index is 13.3. The van der Waals surface area contributed by atoms with E-state index in [0.717, 1.165) is 6.26 Å². The van der Waals surface area contributed by atoms with Gasteiger partial charge in [-0.3, -0.25) is 4.72 Å². The molecule has 0 unspecified atom stereocenters. The fourth-order valence-electron chi connectivity index (χ4n) is 0.983. The van der Waals surface area contributed by atoms with Crippen LogP contribution in [0.1, 0.15) is 5.56 Å². The Morgan fingerprint density at radius 3 is 2.43 bits per heavy atom. The van der Waals surface area contributed by atoms with Crippen molar-refractivity contribution >= 4 is 31.6 Å². The largest absolute Gasteiger partial charge is 0.280 e. The number of rotatable bonds is 2. The summed E-state index contributed by atoms with van der Waals surface area (Å²) in [6, 6.07) is 2.90. The molecule has 0 aliphatic rings. The third kappa shape index (κ3) is 2.95. The first kappa shape index (κ1) is 11.5. The Bertz CT molecular complexity index is 435. The van der Waals surface area contributed by atoms with E-state index in [1.54, 1.807) is 13.0 Å². The molecule has 78 valence electrons. The van der Waals surface area contributed by atoms with Crippen LogP contribution in [0.5, 0.6) is 0 Å². The summed E-state index contributed by atoms with van der Waals surface area (Å²) in [5.41, 5.74) is 0.659. The van der Waals surface area contributed by atoms with Crippen molar-refractivity contribution in [2.24, 2.45) is 0 Å². The molecular weight excluding hydrogens is 273 g/mol. The highest BCUT2D eigenvalue weighted by Gasteiger charge is 2.11. The van der Waals surface area contributed by atoms with Crippen LogP contribution in [-0.4, -0.2) is 14.7 Å². The molecule has 0 fully saturated rings. The van der Waals surface area contributed by atoms with E-state index in [0.29, 0.717) is 10.0 Å². The molecule has 0 saturated carbocycles. The molecule has 1 N–H and O–H groups in total. The second kappa shape index (κ2) is 3.86. The lowest BCUT2D eigenvalue weighted by molar-refractivity contribution is 0.603. The van der Waals surface area contributed by atoms with Gasteiger partial charge in [0.15, 0.2) is 0 Å². The van der Waals surface area contributed by atoms with Gasteiger partial charge in [0, 0.05) is 4.47 Å². The summed E-state index contributed by atoms with van der Waals surface area (Å²) in [5, 5.41) is 0. The van der Waals surface area contributed by atoms with Crippen molar-refractivity contribution < 1.29 is 12.8 Å². The number of hydrogen-bond donors (Lipinski definition) is 1. The zero-order chi connectivity index (χ0) is 10.9. The van der Waals surface area contributed by atoms with Crippen LogP contribution in [0, 0.1) is 12.7 Å². The molecule has 3 nitrogen and oxygen atoms in total. The smallest absolute Gasteiger partial charge is 0.229 e. The number of sulfonamides is 1. The van der Waals surface area contributed by atoms with Crippen molar-refractivity contribution in [3.05, 3.63) is 28.0 Å². The zero-order valence-electron chi connectivity index (χ0n) is 7.64. The summed E-state index contributed by atoms with van der Waals surface area (Å²) in [6.45, 7) is 1.72. The molecule has 1 aromatic rings. The topological polar surface area (TPSA) is 46.2 Å². The van der Waals surface area contributed by atoms with E-state index >= 15 is 0 Å². The van der Waals surface area contributed by atoms with Gasteiger partial charge in [0.05, 0.1) is 11.9 Å². The van der Waals surface area contributed by atoms with E-state index in [2.05, 4.69) is 20.7 Å². The standard InChI is InChI=1S/C8H9BrFNO2S/c1-5-3-6(9)8(7(10)4-5)11-14(2,12)13/h3-4,11H,1-2H3. The van der Waals surface area contributed by atoms with Crippen LogP contribution < -0.4 is 4.72 Å². The van der Waals surface area contributed by atoms with E-state index in [4.69, 9.17) is 0 Å². The van der Waals surface area contributed by atoms with E-state index < -0.39 is 15.8 Å². The number of hydrogen-bond acceptors (Lipinski definition) is 2. The monoisotopic (exact) mass is 281 g/mol. The summed E-state index contributed by atoms with van der Waals surface area (Å²) < 4.78 is 37.6. The molecule has 0 aliphatic carbocycles. The Hall–Kier alpha value is -0.620. The average molecular weight is 282 g/mol. The molecule has 1 aromatic carbocycles. The normalized spacial score (nSPS) is 11.4. The number of benzene rings is 1. The van der Waals surface area contributed by atoms with Crippen LogP contribution in [0.25, 0.3) is 0 Å². The van der Waals surface area contributed by atoms with Crippen molar-refractivity contribution in [2.45, 2.75) is 6.92 Å². The third-order valence-corrected chi connectivity index (χ3v) is 2.67. The van der Waals surface area contributed by atoms with Crippen molar-refractivity contribution in [1.82, 2.24) is 0 Å². The number of halogens is 2. The zero-order valence-corrected chi connectivity index (χ0v) is 10.0. The lowest BCUT2D eigenvalue weighted by Gasteiger charge is -2.08. The summed E-state index contributed by atoms with van der Waals surface area (Å²) in [5.74, 6) is -0.595.